The molecule has 0 bridgehead atoms. The van der Waals surface area contributed by atoms with E-state index in [9.17, 15) is 9.59 Å². The first-order valence-corrected chi connectivity index (χ1v) is 12.6. The van der Waals surface area contributed by atoms with Crippen molar-refractivity contribution in [1.29, 1.82) is 0 Å². The van der Waals surface area contributed by atoms with Gasteiger partial charge in [0.2, 0.25) is 0 Å². The van der Waals surface area contributed by atoms with Crippen LogP contribution in [-0.4, -0.2) is 20.5 Å². The van der Waals surface area contributed by atoms with E-state index in [-0.39, 0.29) is 18.1 Å². The van der Waals surface area contributed by atoms with Crippen LogP contribution in [0.2, 0.25) is 5.02 Å². The first-order valence-electron chi connectivity index (χ1n) is 12.3. The van der Waals surface area contributed by atoms with Crippen LogP contribution in [0.15, 0.2) is 94.3 Å². The Morgan fingerprint density at radius 2 is 1.84 bits per heavy atom. The number of nitrogens with one attached hydrogen (secondary N) is 1. The predicted molar refractivity (Wildman–Crippen MR) is 150 cm³/mol. The topological polar surface area (TPSA) is 80.4 Å². The van der Waals surface area contributed by atoms with E-state index in [0.29, 0.717) is 38.9 Å². The summed E-state index contributed by atoms with van der Waals surface area (Å²) in [6.45, 7) is 6.04. The standard InChI is InChI=1S/C30H27ClN4O3/c1-19-13-14-24(16-20(19)2)35-28(33-27-12-5-4-11-26(27)29(35)36)21(3)34(18-25-10-7-15-38-25)30(37)32-23-9-6-8-22(31)17-23/h4-17,21H,18H2,1-3H3,(H,32,37). The molecule has 1 unspecified atom stereocenters. The van der Waals surface area contributed by atoms with E-state index >= 15 is 0 Å². The molecule has 8 heteroatoms. The third-order valence-corrected chi connectivity index (χ3v) is 6.87. The van der Waals surface area contributed by atoms with E-state index in [2.05, 4.69) is 5.32 Å². The first-order chi connectivity index (χ1) is 18.3. The second-order valence-electron chi connectivity index (χ2n) is 9.22. The molecule has 5 rings (SSSR count). The van der Waals surface area contributed by atoms with Crippen molar-refractivity contribution in [2.45, 2.75) is 33.4 Å². The van der Waals surface area contributed by atoms with Crippen LogP contribution in [-0.2, 0) is 6.54 Å². The number of furan rings is 1. The summed E-state index contributed by atoms with van der Waals surface area (Å²) in [5.74, 6) is 1.03. The Kier molecular flexibility index (Phi) is 7.03. The lowest BCUT2D eigenvalue weighted by Crippen LogP contribution is -2.39. The summed E-state index contributed by atoms with van der Waals surface area (Å²) in [5, 5.41) is 3.93. The van der Waals surface area contributed by atoms with Crippen molar-refractivity contribution in [2.75, 3.05) is 5.32 Å². The van der Waals surface area contributed by atoms with Gasteiger partial charge in [-0.05, 0) is 86.5 Å². The number of aromatic nitrogens is 2. The minimum Gasteiger partial charge on any atom is -0.467 e. The lowest BCUT2D eigenvalue weighted by atomic mass is 10.1. The fourth-order valence-electron chi connectivity index (χ4n) is 4.40. The highest BCUT2D eigenvalue weighted by molar-refractivity contribution is 6.30. The molecule has 7 nitrogen and oxygen atoms in total. The number of anilines is 1. The molecule has 0 fully saturated rings. The van der Waals surface area contributed by atoms with Crippen molar-refractivity contribution >= 4 is 34.2 Å². The lowest BCUT2D eigenvalue weighted by molar-refractivity contribution is 0.179. The van der Waals surface area contributed by atoms with Gasteiger partial charge in [0, 0.05) is 10.7 Å². The van der Waals surface area contributed by atoms with Gasteiger partial charge in [0.05, 0.1) is 35.4 Å². The maximum absolute atomic E-state index is 13.9. The number of carbonyl (C=O) groups is 1. The summed E-state index contributed by atoms with van der Waals surface area (Å²) >= 11 is 6.14. The number of hydrogen-bond acceptors (Lipinski definition) is 4. The molecule has 0 saturated heterocycles. The molecule has 0 saturated carbocycles. The molecule has 192 valence electrons. The number of carbonyl (C=O) groups excluding carboxylic acids is 1. The monoisotopic (exact) mass is 526 g/mol. The Hall–Kier alpha value is -4.36. The van der Waals surface area contributed by atoms with Crippen molar-refractivity contribution in [1.82, 2.24) is 14.5 Å². The molecule has 38 heavy (non-hydrogen) atoms. The molecule has 2 aromatic heterocycles. The van der Waals surface area contributed by atoms with Crippen molar-refractivity contribution in [3.05, 3.63) is 123 Å². The van der Waals surface area contributed by atoms with Crippen LogP contribution < -0.4 is 10.9 Å². The van der Waals surface area contributed by atoms with Gasteiger partial charge < -0.3 is 14.6 Å². The molecule has 1 atom stereocenters. The van der Waals surface area contributed by atoms with Crippen LogP contribution in [0.3, 0.4) is 0 Å². The number of rotatable bonds is 6. The van der Waals surface area contributed by atoms with Crippen molar-refractivity contribution in [2.24, 2.45) is 0 Å². The van der Waals surface area contributed by atoms with E-state index in [1.54, 1.807) is 64.3 Å². The fourth-order valence-corrected chi connectivity index (χ4v) is 4.59. The molecular weight excluding hydrogens is 500 g/mol. The largest absolute Gasteiger partial charge is 0.467 e. The highest BCUT2D eigenvalue weighted by Gasteiger charge is 2.28. The first kappa shape index (κ1) is 25.3. The van der Waals surface area contributed by atoms with E-state index < -0.39 is 6.04 Å². The van der Waals surface area contributed by atoms with Gasteiger partial charge in [0.15, 0.2) is 0 Å². The number of halogens is 1. The number of para-hydroxylation sites is 1. The maximum atomic E-state index is 13.9. The van der Waals surface area contributed by atoms with E-state index in [1.165, 1.54) is 0 Å². The zero-order chi connectivity index (χ0) is 26.8. The van der Waals surface area contributed by atoms with Crippen LogP contribution in [0.4, 0.5) is 10.5 Å². The van der Waals surface area contributed by atoms with Crippen LogP contribution in [0.5, 0.6) is 0 Å². The predicted octanol–water partition coefficient (Wildman–Crippen LogP) is 7.04. The molecule has 2 amide bonds. The number of fused-ring (bicyclic) bond motifs is 1. The van der Waals surface area contributed by atoms with Gasteiger partial charge in [-0.3, -0.25) is 9.36 Å². The van der Waals surface area contributed by atoms with Gasteiger partial charge in [-0.2, -0.15) is 0 Å². The number of hydrogen-bond donors (Lipinski definition) is 1. The van der Waals surface area contributed by atoms with E-state index in [4.69, 9.17) is 21.0 Å². The lowest BCUT2D eigenvalue weighted by Gasteiger charge is -2.30. The summed E-state index contributed by atoms with van der Waals surface area (Å²) in [6.07, 6.45) is 1.56. The van der Waals surface area contributed by atoms with Gasteiger partial charge >= 0.3 is 6.03 Å². The highest BCUT2D eigenvalue weighted by Crippen LogP contribution is 2.27. The van der Waals surface area contributed by atoms with E-state index in [0.717, 1.165) is 11.1 Å². The Morgan fingerprint density at radius 1 is 1.03 bits per heavy atom. The van der Waals surface area contributed by atoms with Gasteiger partial charge in [-0.25, -0.2) is 9.78 Å². The third-order valence-electron chi connectivity index (χ3n) is 6.63. The van der Waals surface area contributed by atoms with E-state index in [1.807, 2.05) is 51.1 Å². The Labute approximate surface area is 225 Å². The summed E-state index contributed by atoms with van der Waals surface area (Å²) in [5.41, 5.74) is 3.77. The summed E-state index contributed by atoms with van der Waals surface area (Å²) in [7, 11) is 0. The normalized spacial score (nSPS) is 11.9. The molecular formula is C30H27ClN4O3. The average Bonchev–Trinajstić information content (AvgIpc) is 3.42. The van der Waals surface area contributed by atoms with Gasteiger partial charge in [-0.15, -0.1) is 0 Å². The van der Waals surface area contributed by atoms with Crippen LogP contribution in [0.25, 0.3) is 16.6 Å². The van der Waals surface area contributed by atoms with Gasteiger partial charge in [0.25, 0.3) is 5.56 Å². The average molecular weight is 527 g/mol. The summed E-state index contributed by atoms with van der Waals surface area (Å²) in [4.78, 5) is 34.0. The number of amides is 2. The summed E-state index contributed by atoms with van der Waals surface area (Å²) in [6, 6.07) is 22.6. The van der Waals surface area contributed by atoms with Gasteiger partial charge in [0.1, 0.15) is 11.6 Å². The molecule has 3 aromatic carbocycles. The third kappa shape index (κ3) is 5.06. The summed E-state index contributed by atoms with van der Waals surface area (Å²) < 4.78 is 7.17. The number of aryl methyl sites for hydroxylation is 2. The van der Waals surface area contributed by atoms with Crippen molar-refractivity contribution < 1.29 is 9.21 Å². The molecule has 0 aliphatic carbocycles. The second kappa shape index (κ2) is 10.6. The van der Waals surface area contributed by atoms with Gasteiger partial charge in [-0.1, -0.05) is 35.9 Å². The second-order valence-corrected chi connectivity index (χ2v) is 9.66. The number of nitrogens with zero attached hydrogens (tertiary/aromatic N) is 3. The van der Waals surface area contributed by atoms with Crippen molar-refractivity contribution in [3.63, 3.8) is 0 Å². The SMILES string of the molecule is Cc1ccc(-n2c(C(C)N(Cc3ccco3)C(=O)Nc3cccc(Cl)c3)nc3ccccc3c2=O)cc1C. The van der Waals surface area contributed by atoms with Crippen LogP contribution >= 0.6 is 11.6 Å². The molecule has 5 aromatic rings. The van der Waals surface area contributed by atoms with Crippen LogP contribution in [0, 0.1) is 13.8 Å². The molecule has 0 spiro atoms. The zero-order valence-corrected chi connectivity index (χ0v) is 22.1. The Bertz CT molecular complexity index is 1680. The smallest absolute Gasteiger partial charge is 0.322 e. The Morgan fingerprint density at radius 3 is 2.58 bits per heavy atom. The molecule has 0 aliphatic heterocycles. The highest BCUT2D eigenvalue weighted by atomic mass is 35.5. The number of benzene rings is 3. The minimum atomic E-state index is -0.613. The quantitative estimate of drug-likeness (QED) is 0.257. The van der Waals surface area contributed by atoms with Crippen molar-refractivity contribution in [3.8, 4) is 5.69 Å². The molecule has 2 heterocycles. The molecule has 1 N–H and O–H groups in total. The maximum Gasteiger partial charge on any atom is 0.322 e. The number of urea groups is 1. The minimum absolute atomic E-state index is 0.163. The molecule has 0 aliphatic rings. The molecule has 0 radical (unpaired) electrons. The van der Waals surface area contributed by atoms with Crippen LogP contribution in [0.1, 0.15) is 35.7 Å². The Balaban J connectivity index is 1.65. The fraction of sp³-hybridized carbons (Fsp3) is 0.167. The zero-order valence-electron chi connectivity index (χ0n) is 21.3.